The minimum absolute atomic E-state index is 0. The third-order valence-electron chi connectivity index (χ3n) is 0. The van der Waals surface area contributed by atoms with Crippen LogP contribution in [0.2, 0.25) is 0 Å². The second-order valence-electron chi connectivity index (χ2n) is 0.750. The molecule has 0 bridgehead atoms. The molecule has 0 aliphatic heterocycles. The van der Waals surface area contributed by atoms with E-state index < -0.39 is 27.5 Å². The maximum absolute atomic E-state index is 8.52. The minimum atomic E-state index is -3.63. The fourth-order valence-electron chi connectivity index (χ4n) is 0. The van der Waals surface area contributed by atoms with Crippen molar-refractivity contribution in [3.63, 3.8) is 0 Å². The molecular weight excluding hydrogens is 443 g/mol. The van der Waals surface area contributed by atoms with Crippen molar-refractivity contribution in [1.29, 1.82) is 0 Å². The van der Waals surface area contributed by atoms with Gasteiger partial charge in [0.1, 0.15) is 0 Å². The Labute approximate surface area is 182 Å². The van der Waals surface area contributed by atoms with E-state index in [1.165, 1.54) is 0 Å². The third kappa shape index (κ3) is 914. The van der Waals surface area contributed by atoms with Crippen LogP contribution in [0.25, 0.3) is 0 Å². The van der Waals surface area contributed by atoms with E-state index in [0.29, 0.717) is 0 Å². The molecule has 0 spiro atoms. The van der Waals surface area contributed by atoms with Gasteiger partial charge in [0, 0.05) is 61.6 Å². The summed E-state index contributed by atoms with van der Waals surface area (Å²) in [6.07, 6.45) is 0. The molecule has 18 heteroatoms. The first-order chi connectivity index (χ1) is 5.20. The zero-order valence-corrected chi connectivity index (χ0v) is 14.6. The fraction of sp³-hybridized carbons (Fsp3) is 0. The van der Waals surface area contributed by atoms with Crippen LogP contribution < -0.4 is 28.8 Å². The van der Waals surface area contributed by atoms with Gasteiger partial charge in [0.25, 0.3) is 0 Å². The molecular formula is H4Al2Fe2Mg2O9Si3. The van der Waals surface area contributed by atoms with Crippen molar-refractivity contribution in [3.8, 4) is 0 Å². The van der Waals surface area contributed by atoms with Crippen molar-refractivity contribution in [2.24, 2.45) is 0 Å². The Morgan fingerprint density at radius 1 is 0.500 bits per heavy atom. The van der Waals surface area contributed by atoms with Crippen LogP contribution in [0.1, 0.15) is 0 Å². The molecule has 0 aliphatic rings. The molecule has 0 unspecified atom stereocenters. The summed E-state index contributed by atoms with van der Waals surface area (Å²) in [4.78, 5) is 51.1. The fourth-order valence-corrected chi connectivity index (χ4v) is 0. The number of rotatable bonds is 0. The van der Waals surface area contributed by atoms with E-state index >= 15 is 0 Å². The quantitative estimate of drug-likeness (QED) is 0.325. The van der Waals surface area contributed by atoms with Gasteiger partial charge >= 0.3 is 80.8 Å². The zero-order valence-electron chi connectivity index (χ0n) is 7.04. The summed E-state index contributed by atoms with van der Waals surface area (Å²) in [5.41, 5.74) is 0. The molecule has 0 aromatic rings. The first kappa shape index (κ1) is 59.0. The van der Waals surface area contributed by atoms with Crippen LogP contribution in [0.3, 0.4) is 0 Å². The van der Waals surface area contributed by atoms with Gasteiger partial charge in [-0.3, -0.25) is 0 Å². The normalized spacial score (nSPS) is 4.00. The average Bonchev–Trinajstić information content (AvgIpc) is 1.54. The van der Waals surface area contributed by atoms with Crippen LogP contribution in [-0.4, -0.2) is 108 Å². The van der Waals surface area contributed by atoms with Crippen molar-refractivity contribution >= 4 is 108 Å². The van der Waals surface area contributed by atoms with E-state index in [0.717, 1.165) is 0 Å². The van der Waals surface area contributed by atoms with Gasteiger partial charge < -0.3 is 42.2 Å². The molecule has 0 aromatic heterocycles. The van der Waals surface area contributed by atoms with Gasteiger partial charge in [-0.1, -0.05) is 0 Å². The molecule has 9 nitrogen and oxygen atoms in total. The van der Waals surface area contributed by atoms with Crippen LogP contribution in [0.15, 0.2) is 0 Å². The monoisotopic (exact) mass is 446 g/mol. The molecule has 0 amide bonds. The molecule has 0 radical (unpaired) electrons. The molecule has 0 fully saturated rings. The van der Waals surface area contributed by atoms with Crippen molar-refractivity contribution in [2.45, 2.75) is 0 Å². The zero-order chi connectivity index (χ0) is 10.7. The third-order valence-corrected chi connectivity index (χ3v) is 0. The first-order valence-corrected chi connectivity index (χ1v) is 5.51. The number of hydrogen-bond acceptors (Lipinski definition) is 9. The van der Waals surface area contributed by atoms with Gasteiger partial charge in [-0.2, -0.15) is 0 Å². The Kier molecular flexibility index (Phi) is 165. The predicted molar refractivity (Wildman–Crippen MR) is 47.9 cm³/mol. The van der Waals surface area contributed by atoms with E-state index in [1.54, 1.807) is 0 Å². The summed E-state index contributed by atoms with van der Waals surface area (Å²) < 4.78 is 25.6. The summed E-state index contributed by atoms with van der Waals surface area (Å²) in [6.45, 7) is 0. The summed E-state index contributed by atoms with van der Waals surface area (Å²) in [7, 11) is -10.9. The van der Waals surface area contributed by atoms with Crippen molar-refractivity contribution in [3.05, 3.63) is 0 Å². The standard InChI is InChI=1S/2Al.2Fe.2Mg.3O3Si.4H/c;;;;;;3*1-4(2)3;;;;/q2*+3;;;;;3*-2;;;;. The van der Waals surface area contributed by atoms with Crippen LogP contribution in [-0.2, 0) is 47.5 Å². The molecule has 0 heterocycles. The molecule has 0 rings (SSSR count). The Balaban J connectivity index is -0.00000000827. The maximum atomic E-state index is 8.52. The van der Waals surface area contributed by atoms with Crippen LogP contribution in [0, 0.1) is 0 Å². The Hall–Kier alpha value is 2.49. The number of hydrogen-bond donors (Lipinski definition) is 0. The van der Waals surface area contributed by atoms with Crippen LogP contribution in [0.4, 0.5) is 0 Å². The Morgan fingerprint density at radius 3 is 0.500 bits per heavy atom. The largest absolute Gasteiger partial charge is 3.00 e. The molecule has 0 aromatic carbocycles. The van der Waals surface area contributed by atoms with E-state index in [1.807, 2.05) is 0 Å². The van der Waals surface area contributed by atoms with Crippen molar-refractivity contribution < 1.29 is 76.3 Å². The summed E-state index contributed by atoms with van der Waals surface area (Å²) >= 11 is 0. The molecule has 0 atom stereocenters. The molecule has 0 N–H and O–H groups in total. The maximum Gasteiger partial charge on any atom is 3.00 e. The van der Waals surface area contributed by atoms with Gasteiger partial charge in [-0.25, -0.2) is 0 Å². The molecule has 96 valence electrons. The van der Waals surface area contributed by atoms with Gasteiger partial charge in [0.05, 0.1) is 0 Å². The van der Waals surface area contributed by atoms with E-state index in [9.17, 15) is 0 Å². The molecule has 0 saturated heterocycles. The van der Waals surface area contributed by atoms with E-state index in [-0.39, 0.29) is 115 Å². The van der Waals surface area contributed by atoms with Crippen LogP contribution in [0.5, 0.6) is 0 Å². The summed E-state index contributed by atoms with van der Waals surface area (Å²) in [5, 5.41) is 0. The average molecular weight is 447 g/mol. The van der Waals surface area contributed by atoms with Crippen molar-refractivity contribution in [1.82, 2.24) is 0 Å². The van der Waals surface area contributed by atoms with Gasteiger partial charge in [0.15, 0.2) is 0 Å². The first-order valence-electron chi connectivity index (χ1n) is 1.84. The summed E-state index contributed by atoms with van der Waals surface area (Å²) in [6, 6.07) is 0. The second-order valence-corrected chi connectivity index (χ2v) is 2.25. The van der Waals surface area contributed by atoms with E-state index in [4.69, 9.17) is 42.2 Å². The SMILES string of the molecule is O=[Si]([O-])[O-].O=[Si]([O-])[O-].O=[Si]([O-])[O-].[Al+3].[Al+3].[Fe].[Fe].[MgH2].[MgH2]. The van der Waals surface area contributed by atoms with Gasteiger partial charge in [0.2, 0.25) is 0 Å². The molecule has 0 saturated carbocycles. The Morgan fingerprint density at radius 2 is 0.500 bits per heavy atom. The Bertz CT molecular complexity index is 133. The van der Waals surface area contributed by atoms with Gasteiger partial charge in [-0.05, 0) is 0 Å². The second kappa shape index (κ2) is 50.5. The van der Waals surface area contributed by atoms with Gasteiger partial charge in [-0.15, -0.1) is 0 Å². The van der Waals surface area contributed by atoms with E-state index in [2.05, 4.69) is 0 Å². The predicted octanol–water partition coefficient (Wildman–Crippen LogP) is -11.2. The molecule has 0 aliphatic carbocycles. The van der Waals surface area contributed by atoms with Crippen molar-refractivity contribution in [2.75, 3.05) is 0 Å². The summed E-state index contributed by atoms with van der Waals surface area (Å²) in [5.74, 6) is 0. The smallest absolute Gasteiger partial charge is 0.672 e. The molecule has 18 heavy (non-hydrogen) atoms. The minimum Gasteiger partial charge on any atom is -0.672 e. The topological polar surface area (TPSA) is 190 Å². The van der Waals surface area contributed by atoms with Crippen LogP contribution >= 0.6 is 0 Å².